The molecule has 1 saturated heterocycles. The number of aromatic nitrogens is 4. The van der Waals surface area contributed by atoms with Gasteiger partial charge in [0.2, 0.25) is 0 Å². The molecule has 1 N–H and O–H groups in total. The third-order valence-corrected chi connectivity index (χ3v) is 5.16. The first-order valence-corrected chi connectivity index (χ1v) is 9.61. The van der Waals surface area contributed by atoms with Crippen LogP contribution in [0.4, 0.5) is 8.78 Å². The molecule has 1 fully saturated rings. The summed E-state index contributed by atoms with van der Waals surface area (Å²) < 4.78 is 35.8. The van der Waals surface area contributed by atoms with Crippen LogP contribution in [-0.4, -0.2) is 44.9 Å². The molecule has 6 nitrogen and oxygen atoms in total. The van der Waals surface area contributed by atoms with E-state index in [1.165, 1.54) is 12.3 Å². The van der Waals surface area contributed by atoms with Gasteiger partial charge in [0.15, 0.2) is 11.5 Å². The van der Waals surface area contributed by atoms with Crippen molar-refractivity contribution in [2.75, 3.05) is 13.1 Å². The molecule has 4 aromatic rings. The number of ether oxygens (including phenoxy) is 1. The predicted molar refractivity (Wildman–Crippen MR) is 105 cm³/mol. The number of benzene rings is 1. The number of rotatable bonds is 3. The summed E-state index contributed by atoms with van der Waals surface area (Å²) in [5, 5.41) is 12.3. The Hall–Kier alpha value is -3.13. The maximum atomic E-state index is 14.5. The van der Waals surface area contributed by atoms with Gasteiger partial charge in [-0.2, -0.15) is 0 Å². The Morgan fingerprint density at radius 3 is 2.86 bits per heavy atom. The number of halogens is 2. The number of hydrogen-bond acceptors (Lipinski definition) is 5. The second-order valence-corrected chi connectivity index (χ2v) is 7.12. The Labute approximate surface area is 165 Å². The molecule has 1 aliphatic rings. The summed E-state index contributed by atoms with van der Waals surface area (Å²) in [6, 6.07) is 12.2. The average Bonchev–Trinajstić information content (AvgIpc) is 3.04. The van der Waals surface area contributed by atoms with Gasteiger partial charge >= 0.3 is 0 Å². The van der Waals surface area contributed by atoms with Crippen LogP contribution < -0.4 is 10.1 Å². The fourth-order valence-electron chi connectivity index (χ4n) is 3.65. The molecule has 0 bridgehead atoms. The largest absolute Gasteiger partial charge is 0.485 e. The predicted octanol–water partition coefficient (Wildman–Crippen LogP) is 3.55. The molecular weight excluding hydrogens is 376 g/mol. The normalized spacial score (nSPS) is 20.1. The summed E-state index contributed by atoms with van der Waals surface area (Å²) in [5.74, 6) is 0.566. The maximum absolute atomic E-state index is 14.5. The Kier molecular flexibility index (Phi) is 4.55. The first-order chi connectivity index (χ1) is 14.2. The number of hydrogen-bond donors (Lipinski definition) is 1. The van der Waals surface area contributed by atoms with E-state index in [2.05, 4.69) is 15.5 Å². The van der Waals surface area contributed by atoms with Crippen molar-refractivity contribution in [2.45, 2.75) is 25.1 Å². The minimum atomic E-state index is -1.04. The Morgan fingerprint density at radius 1 is 1.03 bits per heavy atom. The van der Waals surface area contributed by atoms with Gasteiger partial charge in [0.05, 0.1) is 0 Å². The van der Waals surface area contributed by atoms with Gasteiger partial charge in [-0.3, -0.25) is 4.40 Å². The lowest BCUT2D eigenvalue weighted by Gasteiger charge is -2.21. The van der Waals surface area contributed by atoms with Crippen molar-refractivity contribution in [2.24, 2.45) is 0 Å². The van der Waals surface area contributed by atoms with Crippen LogP contribution in [0.2, 0.25) is 0 Å². The topological polar surface area (TPSA) is 64.3 Å². The molecule has 0 spiro atoms. The molecule has 0 unspecified atom stereocenters. The van der Waals surface area contributed by atoms with Crippen molar-refractivity contribution in [3.05, 3.63) is 54.5 Å². The van der Waals surface area contributed by atoms with Gasteiger partial charge in [-0.05, 0) is 50.2 Å². The number of nitrogens with one attached hydrogen (secondary N) is 1. The molecule has 5 rings (SSSR count). The molecule has 0 radical (unpaired) electrons. The van der Waals surface area contributed by atoms with Gasteiger partial charge < -0.3 is 10.1 Å². The van der Waals surface area contributed by atoms with Crippen molar-refractivity contribution in [1.82, 2.24) is 24.9 Å². The molecule has 3 aromatic heterocycles. The SMILES string of the molecule is Fc1ccc2nnc(-c3ccc4cccc(O[C@@H]5CCNCC[C@H]5F)c4n3)n2c1. The van der Waals surface area contributed by atoms with Gasteiger partial charge in [0.25, 0.3) is 0 Å². The van der Waals surface area contributed by atoms with Crippen molar-refractivity contribution >= 4 is 16.6 Å². The lowest BCUT2D eigenvalue weighted by Crippen LogP contribution is -2.28. The lowest BCUT2D eigenvalue weighted by atomic mass is 10.1. The molecule has 0 saturated carbocycles. The molecule has 1 aromatic carbocycles. The van der Waals surface area contributed by atoms with Crippen LogP contribution in [0.1, 0.15) is 12.8 Å². The van der Waals surface area contributed by atoms with E-state index in [0.717, 1.165) is 5.39 Å². The van der Waals surface area contributed by atoms with Gasteiger partial charge in [-0.25, -0.2) is 13.8 Å². The Balaban J connectivity index is 1.57. The molecule has 0 amide bonds. The Morgan fingerprint density at radius 2 is 1.93 bits per heavy atom. The second-order valence-electron chi connectivity index (χ2n) is 7.12. The smallest absolute Gasteiger partial charge is 0.187 e. The molecular formula is C21H19F2N5O. The highest BCUT2D eigenvalue weighted by Crippen LogP contribution is 2.29. The first kappa shape index (κ1) is 17.9. The Bertz CT molecular complexity index is 1180. The number of nitrogens with zero attached hydrogens (tertiary/aromatic N) is 4. The van der Waals surface area contributed by atoms with Crippen molar-refractivity contribution < 1.29 is 13.5 Å². The molecule has 148 valence electrons. The van der Waals surface area contributed by atoms with Gasteiger partial charge in [0, 0.05) is 11.6 Å². The quantitative estimate of drug-likeness (QED) is 0.575. The number of fused-ring (bicyclic) bond motifs is 2. The van der Waals surface area contributed by atoms with E-state index in [-0.39, 0.29) is 5.82 Å². The van der Waals surface area contributed by atoms with Crippen LogP contribution in [0.3, 0.4) is 0 Å². The van der Waals surface area contributed by atoms with E-state index in [1.54, 1.807) is 22.6 Å². The lowest BCUT2D eigenvalue weighted by molar-refractivity contribution is 0.0983. The average molecular weight is 395 g/mol. The molecule has 1 aliphatic heterocycles. The highest BCUT2D eigenvalue weighted by Gasteiger charge is 2.25. The van der Waals surface area contributed by atoms with E-state index in [9.17, 15) is 8.78 Å². The van der Waals surface area contributed by atoms with Crippen LogP contribution in [0, 0.1) is 5.82 Å². The standard InChI is InChI=1S/C21H19F2N5O/c22-14-5-7-19-26-27-21(28(19)12-14)16-6-4-13-2-1-3-18(20(13)25-16)29-17-9-11-24-10-8-15(17)23/h1-7,12,15,17,24H,8-11H2/t15-,17-/m1/s1. The summed E-state index contributed by atoms with van der Waals surface area (Å²) >= 11 is 0. The third kappa shape index (κ3) is 3.40. The summed E-state index contributed by atoms with van der Waals surface area (Å²) in [6.45, 7) is 1.36. The molecule has 29 heavy (non-hydrogen) atoms. The van der Waals surface area contributed by atoms with E-state index in [4.69, 9.17) is 9.72 Å². The fraction of sp³-hybridized carbons (Fsp3) is 0.286. The monoisotopic (exact) mass is 395 g/mol. The zero-order valence-electron chi connectivity index (χ0n) is 15.6. The van der Waals surface area contributed by atoms with E-state index < -0.39 is 12.3 Å². The maximum Gasteiger partial charge on any atom is 0.187 e. The minimum absolute atomic E-state index is 0.390. The molecule has 2 atom stereocenters. The number of para-hydroxylation sites is 1. The number of pyridine rings is 2. The fourth-order valence-corrected chi connectivity index (χ4v) is 3.65. The van der Waals surface area contributed by atoms with Crippen molar-refractivity contribution in [3.8, 4) is 17.3 Å². The van der Waals surface area contributed by atoms with Crippen molar-refractivity contribution in [3.63, 3.8) is 0 Å². The number of alkyl halides is 1. The summed E-state index contributed by atoms with van der Waals surface area (Å²) in [4.78, 5) is 4.70. The molecule has 4 heterocycles. The second kappa shape index (κ2) is 7.36. The van der Waals surface area contributed by atoms with E-state index in [1.807, 2.05) is 18.2 Å². The van der Waals surface area contributed by atoms with Gasteiger partial charge in [-0.15, -0.1) is 10.2 Å². The van der Waals surface area contributed by atoms with Crippen LogP contribution >= 0.6 is 0 Å². The minimum Gasteiger partial charge on any atom is -0.485 e. The zero-order chi connectivity index (χ0) is 19.8. The first-order valence-electron chi connectivity index (χ1n) is 9.61. The van der Waals surface area contributed by atoms with Crippen molar-refractivity contribution in [1.29, 1.82) is 0 Å². The summed E-state index contributed by atoms with van der Waals surface area (Å²) in [6.07, 6.45) is 0.776. The van der Waals surface area contributed by atoms with Gasteiger partial charge in [-0.1, -0.05) is 18.2 Å². The highest BCUT2D eigenvalue weighted by molar-refractivity contribution is 5.86. The highest BCUT2D eigenvalue weighted by atomic mass is 19.1. The molecule has 8 heteroatoms. The summed E-state index contributed by atoms with van der Waals surface area (Å²) in [5.41, 5.74) is 1.67. The van der Waals surface area contributed by atoms with E-state index in [0.29, 0.717) is 54.4 Å². The molecule has 0 aliphatic carbocycles. The summed E-state index contributed by atoms with van der Waals surface area (Å²) in [7, 11) is 0. The van der Waals surface area contributed by atoms with Gasteiger partial charge in [0.1, 0.15) is 35.1 Å². The van der Waals surface area contributed by atoms with Crippen LogP contribution in [0.5, 0.6) is 5.75 Å². The third-order valence-electron chi connectivity index (χ3n) is 5.16. The van der Waals surface area contributed by atoms with E-state index >= 15 is 0 Å². The van der Waals surface area contributed by atoms with Crippen LogP contribution in [0.25, 0.3) is 28.1 Å². The van der Waals surface area contributed by atoms with Crippen LogP contribution in [0.15, 0.2) is 48.7 Å². The van der Waals surface area contributed by atoms with Crippen LogP contribution in [-0.2, 0) is 0 Å². The zero-order valence-corrected chi connectivity index (χ0v) is 15.6.